The van der Waals surface area contributed by atoms with E-state index in [9.17, 15) is 31.1 Å². The average Bonchev–Trinajstić information content (AvgIpc) is 3.05. The molecule has 152 valence electrons. The summed E-state index contributed by atoms with van der Waals surface area (Å²) in [6, 6.07) is 6.41. The molecule has 0 bridgehead atoms. The highest BCUT2D eigenvalue weighted by Gasteiger charge is 2.38. The molecule has 0 unspecified atom stereocenters. The second kappa shape index (κ2) is 7.64. The number of amides is 1. The lowest BCUT2D eigenvalue weighted by atomic mass is 10.1. The van der Waals surface area contributed by atoms with Crippen molar-refractivity contribution >= 4 is 34.0 Å². The minimum Gasteiger partial charge on any atom is -0.298 e. The first kappa shape index (κ1) is 21.1. The number of nitrogens with zero attached hydrogens (tertiary/aromatic N) is 2. The first-order valence-corrected chi connectivity index (χ1v) is 8.83. The lowest BCUT2D eigenvalue weighted by Gasteiger charge is -2.09. The van der Waals surface area contributed by atoms with E-state index in [0.717, 1.165) is 6.07 Å². The van der Waals surface area contributed by atoms with Gasteiger partial charge in [-0.15, -0.1) is 0 Å². The fourth-order valence-corrected chi connectivity index (χ4v) is 3.37. The zero-order chi connectivity index (χ0) is 21.4. The second-order valence-electron chi connectivity index (χ2n) is 5.59. The van der Waals surface area contributed by atoms with Crippen LogP contribution < -0.4 is 5.32 Å². The lowest BCUT2D eigenvalue weighted by molar-refractivity contribution is -0.137. The maximum Gasteiger partial charge on any atom is 0.427 e. The third-order valence-electron chi connectivity index (χ3n) is 3.50. The summed E-state index contributed by atoms with van der Waals surface area (Å²) in [6.45, 7) is 0. The van der Waals surface area contributed by atoms with Gasteiger partial charge in [0.1, 0.15) is 10.6 Å². The molecule has 0 spiro atoms. The van der Waals surface area contributed by atoms with Crippen molar-refractivity contribution in [1.29, 1.82) is 0 Å². The van der Waals surface area contributed by atoms with Crippen LogP contribution in [0.1, 0.15) is 20.8 Å². The number of hydrogen-bond donors (Lipinski definition) is 1. The number of benzene rings is 1. The van der Waals surface area contributed by atoms with E-state index in [1.165, 1.54) is 24.4 Å². The topological polar surface area (TPSA) is 54.9 Å². The molecular formula is C17H8ClF6N3OS. The van der Waals surface area contributed by atoms with Gasteiger partial charge >= 0.3 is 12.4 Å². The van der Waals surface area contributed by atoms with Crippen LogP contribution in [0.3, 0.4) is 0 Å². The molecule has 2 heterocycles. The molecule has 3 aromatic rings. The van der Waals surface area contributed by atoms with Crippen LogP contribution in [-0.2, 0) is 12.4 Å². The third kappa shape index (κ3) is 4.85. The van der Waals surface area contributed by atoms with E-state index >= 15 is 0 Å². The molecule has 0 aliphatic carbocycles. The smallest absolute Gasteiger partial charge is 0.298 e. The van der Waals surface area contributed by atoms with Crippen LogP contribution >= 0.6 is 22.9 Å². The molecule has 0 saturated heterocycles. The monoisotopic (exact) mass is 451 g/mol. The first-order valence-electron chi connectivity index (χ1n) is 7.63. The lowest BCUT2D eigenvalue weighted by Crippen LogP contribution is -2.14. The number of carbonyl (C=O) groups excluding carboxylic acids is 1. The average molecular weight is 452 g/mol. The third-order valence-corrected chi connectivity index (χ3v) is 4.73. The Morgan fingerprint density at radius 1 is 1.03 bits per heavy atom. The van der Waals surface area contributed by atoms with E-state index in [1.807, 2.05) is 0 Å². The van der Waals surface area contributed by atoms with Gasteiger partial charge in [-0.05, 0) is 30.3 Å². The molecule has 1 amide bonds. The Hall–Kier alpha value is -2.66. The number of nitrogens with one attached hydrogen (secondary N) is 1. The number of pyridine rings is 1. The standard InChI is InChI=1S/C17H8ClF6N3OS/c18-10-6-8(5-9(7-10)16(19,20)21)14(28)27-15-26-12(11-3-1-2-4-25-11)13(29-15)17(22,23)24/h1-7H,(H,26,27,28). The quantitative estimate of drug-likeness (QED) is 0.486. The molecule has 0 saturated carbocycles. The Morgan fingerprint density at radius 3 is 2.34 bits per heavy atom. The van der Waals surface area contributed by atoms with Crippen molar-refractivity contribution in [3.8, 4) is 11.4 Å². The summed E-state index contributed by atoms with van der Waals surface area (Å²) in [6.07, 6.45) is -8.25. The van der Waals surface area contributed by atoms with E-state index in [0.29, 0.717) is 12.1 Å². The zero-order valence-electron chi connectivity index (χ0n) is 13.9. The largest absolute Gasteiger partial charge is 0.427 e. The maximum absolute atomic E-state index is 13.3. The minimum atomic E-state index is -4.77. The van der Waals surface area contributed by atoms with Gasteiger partial charge in [-0.2, -0.15) is 26.3 Å². The van der Waals surface area contributed by atoms with Gasteiger partial charge < -0.3 is 0 Å². The van der Waals surface area contributed by atoms with Crippen molar-refractivity contribution in [1.82, 2.24) is 9.97 Å². The van der Waals surface area contributed by atoms with Crippen molar-refractivity contribution < 1.29 is 31.1 Å². The molecule has 12 heteroatoms. The summed E-state index contributed by atoms with van der Waals surface area (Å²) in [7, 11) is 0. The minimum absolute atomic E-state index is 0.0707. The Kier molecular flexibility index (Phi) is 5.54. The van der Waals surface area contributed by atoms with Crippen LogP contribution in [-0.4, -0.2) is 15.9 Å². The number of thiazole rings is 1. The zero-order valence-corrected chi connectivity index (χ0v) is 15.5. The summed E-state index contributed by atoms with van der Waals surface area (Å²) in [4.78, 5) is 18.7. The molecule has 1 aromatic carbocycles. The van der Waals surface area contributed by atoms with Crippen LogP contribution in [0, 0.1) is 0 Å². The molecule has 29 heavy (non-hydrogen) atoms. The van der Waals surface area contributed by atoms with E-state index < -0.39 is 45.1 Å². The van der Waals surface area contributed by atoms with Crippen molar-refractivity contribution in [2.24, 2.45) is 0 Å². The van der Waals surface area contributed by atoms with Crippen molar-refractivity contribution in [3.63, 3.8) is 0 Å². The number of anilines is 1. The van der Waals surface area contributed by atoms with Crippen LogP contribution in [0.25, 0.3) is 11.4 Å². The fraction of sp³-hybridized carbons (Fsp3) is 0.118. The normalized spacial score (nSPS) is 12.1. The van der Waals surface area contributed by atoms with E-state index in [1.54, 1.807) is 0 Å². The summed E-state index contributed by atoms with van der Waals surface area (Å²) in [5.74, 6) is -1.09. The molecule has 0 atom stereocenters. The Balaban J connectivity index is 1.96. The molecule has 4 nitrogen and oxygen atoms in total. The first-order chi connectivity index (χ1) is 13.4. The molecule has 0 radical (unpaired) electrons. The number of hydrogen-bond acceptors (Lipinski definition) is 4. The molecule has 2 aromatic heterocycles. The van der Waals surface area contributed by atoms with Gasteiger partial charge in [0.05, 0.1) is 11.3 Å². The van der Waals surface area contributed by atoms with E-state index in [2.05, 4.69) is 15.3 Å². The van der Waals surface area contributed by atoms with Crippen LogP contribution in [0.2, 0.25) is 5.02 Å². The van der Waals surface area contributed by atoms with Gasteiger partial charge in [-0.1, -0.05) is 29.0 Å². The number of carbonyl (C=O) groups is 1. The predicted molar refractivity (Wildman–Crippen MR) is 94.8 cm³/mol. The van der Waals surface area contributed by atoms with Gasteiger partial charge in [0, 0.05) is 16.8 Å². The second-order valence-corrected chi connectivity index (χ2v) is 7.03. The summed E-state index contributed by atoms with van der Waals surface area (Å²) in [5, 5.41) is 1.28. The molecule has 0 fully saturated rings. The van der Waals surface area contributed by atoms with Crippen molar-refractivity contribution in [3.05, 3.63) is 63.6 Å². The summed E-state index contributed by atoms with van der Waals surface area (Å²) in [5.41, 5.74) is -2.22. The van der Waals surface area contributed by atoms with Crippen molar-refractivity contribution in [2.45, 2.75) is 12.4 Å². The van der Waals surface area contributed by atoms with Gasteiger partial charge in [0.25, 0.3) is 5.91 Å². The van der Waals surface area contributed by atoms with Crippen LogP contribution in [0.4, 0.5) is 31.5 Å². The maximum atomic E-state index is 13.3. The van der Waals surface area contributed by atoms with Gasteiger partial charge in [-0.25, -0.2) is 4.98 Å². The Morgan fingerprint density at radius 2 is 1.76 bits per heavy atom. The highest BCUT2D eigenvalue weighted by molar-refractivity contribution is 7.16. The SMILES string of the molecule is O=C(Nc1nc(-c2ccccn2)c(C(F)(F)F)s1)c1cc(Cl)cc(C(F)(F)F)c1. The Bertz CT molecular complexity index is 1050. The number of aromatic nitrogens is 2. The number of rotatable bonds is 3. The van der Waals surface area contributed by atoms with Gasteiger partial charge in [0.2, 0.25) is 0 Å². The van der Waals surface area contributed by atoms with Crippen molar-refractivity contribution in [2.75, 3.05) is 5.32 Å². The predicted octanol–water partition coefficient (Wildman–Crippen LogP) is 6.15. The number of alkyl halides is 6. The summed E-state index contributed by atoms with van der Waals surface area (Å²) < 4.78 is 78.6. The highest BCUT2D eigenvalue weighted by atomic mass is 35.5. The molecule has 0 aliphatic heterocycles. The molecular weight excluding hydrogens is 444 g/mol. The van der Waals surface area contributed by atoms with Crippen LogP contribution in [0.15, 0.2) is 42.6 Å². The summed E-state index contributed by atoms with van der Waals surface area (Å²) >= 11 is 5.76. The number of halogens is 7. The van der Waals surface area contributed by atoms with E-state index in [-0.39, 0.29) is 22.1 Å². The molecule has 3 rings (SSSR count). The van der Waals surface area contributed by atoms with E-state index in [4.69, 9.17) is 11.6 Å². The van der Waals surface area contributed by atoms with Gasteiger partial charge in [0.15, 0.2) is 5.13 Å². The fourth-order valence-electron chi connectivity index (χ4n) is 2.30. The van der Waals surface area contributed by atoms with Crippen LogP contribution in [0.5, 0.6) is 0 Å². The highest BCUT2D eigenvalue weighted by Crippen LogP contribution is 2.42. The molecule has 0 aliphatic rings. The van der Waals surface area contributed by atoms with Gasteiger partial charge in [-0.3, -0.25) is 15.1 Å². The Labute approximate surface area is 168 Å². The molecule has 1 N–H and O–H groups in total.